The molecule has 0 saturated heterocycles. The highest BCUT2D eigenvalue weighted by atomic mass is 79.9. The van der Waals surface area contributed by atoms with Gasteiger partial charge in [0.2, 0.25) is 5.91 Å². The predicted molar refractivity (Wildman–Crippen MR) is 99.9 cm³/mol. The molecule has 0 saturated carbocycles. The molecule has 5 heteroatoms. The van der Waals surface area contributed by atoms with Crippen molar-refractivity contribution < 1.29 is 4.79 Å². The highest BCUT2D eigenvalue weighted by molar-refractivity contribution is 9.10. The van der Waals surface area contributed by atoms with Gasteiger partial charge in [-0.25, -0.2) is 0 Å². The summed E-state index contributed by atoms with van der Waals surface area (Å²) >= 11 is 11.2. The fraction of sp³-hybridized carbons (Fsp3) is 0.235. The molecule has 2 aromatic rings. The normalized spacial score (nSPS) is 10.5. The minimum absolute atomic E-state index is 0.0315. The van der Waals surface area contributed by atoms with E-state index in [4.69, 9.17) is 11.6 Å². The Morgan fingerprint density at radius 3 is 2.55 bits per heavy atom. The van der Waals surface area contributed by atoms with Gasteiger partial charge in [-0.2, -0.15) is 0 Å². The Bertz CT molecular complexity index is 650. The van der Waals surface area contributed by atoms with Crippen molar-refractivity contribution in [2.75, 3.05) is 11.1 Å². The number of rotatable bonds is 5. The van der Waals surface area contributed by atoms with E-state index in [2.05, 4.69) is 33.4 Å². The number of anilines is 1. The highest BCUT2D eigenvalue weighted by Crippen LogP contribution is 2.27. The van der Waals surface area contributed by atoms with E-state index in [1.807, 2.05) is 38.1 Å². The molecule has 0 heterocycles. The predicted octanol–water partition coefficient (Wildman–Crippen LogP) is 5.59. The van der Waals surface area contributed by atoms with Gasteiger partial charge in [0.25, 0.3) is 0 Å². The molecule has 1 N–H and O–H groups in total. The van der Waals surface area contributed by atoms with Gasteiger partial charge in [-0.1, -0.05) is 45.7 Å². The van der Waals surface area contributed by atoms with Crippen LogP contribution < -0.4 is 5.32 Å². The van der Waals surface area contributed by atoms with Crippen LogP contribution in [0.1, 0.15) is 16.7 Å². The van der Waals surface area contributed by atoms with Gasteiger partial charge in [0, 0.05) is 10.2 Å². The van der Waals surface area contributed by atoms with Crippen molar-refractivity contribution in [3.05, 3.63) is 62.6 Å². The molecule has 2 rings (SSSR count). The first-order valence-corrected chi connectivity index (χ1v) is 9.17. The second kappa shape index (κ2) is 8.04. The number of hydrogen-bond donors (Lipinski definition) is 1. The van der Waals surface area contributed by atoms with E-state index in [9.17, 15) is 4.79 Å². The maximum Gasteiger partial charge on any atom is 0.234 e. The van der Waals surface area contributed by atoms with E-state index in [1.54, 1.807) is 11.8 Å². The second-order valence-corrected chi connectivity index (χ2v) is 7.41. The summed E-state index contributed by atoms with van der Waals surface area (Å²) in [5.74, 6) is 1.18. The van der Waals surface area contributed by atoms with Crippen molar-refractivity contribution in [2.24, 2.45) is 0 Å². The van der Waals surface area contributed by atoms with Crippen molar-refractivity contribution in [2.45, 2.75) is 19.6 Å². The first-order valence-electron chi connectivity index (χ1n) is 6.84. The summed E-state index contributed by atoms with van der Waals surface area (Å²) in [6, 6.07) is 12.0. The number of carbonyl (C=O) groups excluding carboxylic acids is 1. The molecule has 0 unspecified atom stereocenters. The number of thioether (sulfide) groups is 1. The van der Waals surface area contributed by atoms with Crippen molar-refractivity contribution in [3.8, 4) is 0 Å². The van der Waals surface area contributed by atoms with Crippen LogP contribution in [-0.4, -0.2) is 11.7 Å². The smallest absolute Gasteiger partial charge is 0.234 e. The first kappa shape index (κ1) is 17.4. The first-order chi connectivity index (χ1) is 10.5. The van der Waals surface area contributed by atoms with Gasteiger partial charge < -0.3 is 5.32 Å². The highest BCUT2D eigenvalue weighted by Gasteiger charge is 2.09. The summed E-state index contributed by atoms with van der Waals surface area (Å²) in [4.78, 5) is 12.0. The van der Waals surface area contributed by atoms with Crippen LogP contribution in [0.2, 0.25) is 5.02 Å². The fourth-order valence-corrected chi connectivity index (χ4v) is 3.51. The number of benzene rings is 2. The minimum atomic E-state index is -0.0315. The van der Waals surface area contributed by atoms with Crippen molar-refractivity contribution in [1.82, 2.24) is 0 Å². The van der Waals surface area contributed by atoms with Gasteiger partial charge in [-0.15, -0.1) is 11.8 Å². The molecule has 0 aliphatic heterocycles. The van der Waals surface area contributed by atoms with Crippen LogP contribution in [0.3, 0.4) is 0 Å². The quantitative estimate of drug-likeness (QED) is 0.711. The zero-order chi connectivity index (χ0) is 16.1. The summed E-state index contributed by atoms with van der Waals surface area (Å²) < 4.78 is 1.06. The molecule has 2 nitrogen and oxygen atoms in total. The summed E-state index contributed by atoms with van der Waals surface area (Å²) in [7, 11) is 0. The largest absolute Gasteiger partial charge is 0.324 e. The standard InChI is InChI=1S/C17H17BrClNOS/c1-11-7-12(2)17(15(19)8-11)20-16(21)10-22-9-13-3-5-14(18)6-4-13/h3-8H,9-10H2,1-2H3,(H,20,21). The molecule has 2 aromatic carbocycles. The summed E-state index contributed by atoms with van der Waals surface area (Å²) in [6.45, 7) is 3.93. The van der Waals surface area contributed by atoms with Crippen LogP contribution in [0.15, 0.2) is 40.9 Å². The van der Waals surface area contributed by atoms with E-state index in [0.717, 1.165) is 21.4 Å². The minimum Gasteiger partial charge on any atom is -0.324 e. The lowest BCUT2D eigenvalue weighted by Gasteiger charge is -2.11. The summed E-state index contributed by atoms with van der Waals surface area (Å²) in [5.41, 5.74) is 3.98. The molecule has 0 aliphatic rings. The molecule has 0 atom stereocenters. The van der Waals surface area contributed by atoms with E-state index in [-0.39, 0.29) is 5.91 Å². The lowest BCUT2D eigenvalue weighted by molar-refractivity contribution is -0.113. The van der Waals surface area contributed by atoms with Crippen LogP contribution >= 0.6 is 39.3 Å². The Hall–Kier alpha value is -0.970. The van der Waals surface area contributed by atoms with Crippen molar-refractivity contribution >= 4 is 50.9 Å². The van der Waals surface area contributed by atoms with Crippen LogP contribution in [0, 0.1) is 13.8 Å². The van der Waals surface area contributed by atoms with Crippen molar-refractivity contribution in [1.29, 1.82) is 0 Å². The topological polar surface area (TPSA) is 29.1 Å². The zero-order valence-electron chi connectivity index (χ0n) is 12.5. The van der Waals surface area contributed by atoms with Gasteiger partial charge in [0.15, 0.2) is 0 Å². The average molecular weight is 399 g/mol. The Labute approximate surface area is 148 Å². The number of halogens is 2. The summed E-state index contributed by atoms with van der Waals surface area (Å²) in [6.07, 6.45) is 0. The monoisotopic (exact) mass is 397 g/mol. The Morgan fingerprint density at radius 1 is 1.23 bits per heavy atom. The maximum absolute atomic E-state index is 12.0. The zero-order valence-corrected chi connectivity index (χ0v) is 15.6. The van der Waals surface area contributed by atoms with Gasteiger partial charge in [0.05, 0.1) is 16.5 Å². The molecule has 0 radical (unpaired) electrons. The lowest BCUT2D eigenvalue weighted by atomic mass is 10.1. The molecule has 22 heavy (non-hydrogen) atoms. The van der Waals surface area contributed by atoms with Gasteiger partial charge in [-0.3, -0.25) is 4.79 Å². The van der Waals surface area contributed by atoms with E-state index < -0.39 is 0 Å². The molecule has 116 valence electrons. The average Bonchev–Trinajstić information content (AvgIpc) is 2.45. The number of aryl methyl sites for hydroxylation is 2. The van der Waals surface area contributed by atoms with Crippen LogP contribution in [-0.2, 0) is 10.5 Å². The molecular weight excluding hydrogens is 382 g/mol. The molecule has 0 fully saturated rings. The van der Waals surface area contributed by atoms with Crippen LogP contribution in [0.5, 0.6) is 0 Å². The molecule has 1 amide bonds. The molecule has 0 aliphatic carbocycles. The van der Waals surface area contributed by atoms with E-state index in [1.165, 1.54) is 5.56 Å². The molecule has 0 spiro atoms. The molecule has 0 aromatic heterocycles. The van der Waals surface area contributed by atoms with Crippen molar-refractivity contribution in [3.63, 3.8) is 0 Å². The molecule has 0 bridgehead atoms. The van der Waals surface area contributed by atoms with Gasteiger partial charge in [0.1, 0.15) is 0 Å². The second-order valence-electron chi connectivity index (χ2n) is 5.11. The van der Waals surface area contributed by atoms with Gasteiger partial charge in [-0.05, 0) is 48.7 Å². The third-order valence-corrected chi connectivity index (χ3v) is 4.94. The number of carbonyl (C=O) groups is 1. The SMILES string of the molecule is Cc1cc(C)c(NC(=O)CSCc2ccc(Br)cc2)c(Cl)c1. The van der Waals surface area contributed by atoms with Crippen LogP contribution in [0.4, 0.5) is 5.69 Å². The fourth-order valence-electron chi connectivity index (χ4n) is 2.09. The number of hydrogen-bond acceptors (Lipinski definition) is 2. The van der Waals surface area contributed by atoms with E-state index >= 15 is 0 Å². The Morgan fingerprint density at radius 2 is 1.91 bits per heavy atom. The summed E-state index contributed by atoms with van der Waals surface area (Å²) in [5, 5.41) is 3.49. The van der Waals surface area contributed by atoms with Gasteiger partial charge >= 0.3 is 0 Å². The molecular formula is C17H17BrClNOS. The lowest BCUT2D eigenvalue weighted by Crippen LogP contribution is -2.15. The Balaban J connectivity index is 1.87. The Kier molecular flexibility index (Phi) is 6.36. The van der Waals surface area contributed by atoms with E-state index in [0.29, 0.717) is 16.5 Å². The third-order valence-electron chi connectivity index (χ3n) is 3.11. The number of amides is 1. The maximum atomic E-state index is 12.0. The number of nitrogens with one attached hydrogen (secondary N) is 1. The van der Waals surface area contributed by atoms with Crippen LogP contribution in [0.25, 0.3) is 0 Å². The third kappa shape index (κ3) is 5.04.